The normalized spacial score (nSPS) is 15.0. The fourth-order valence-electron chi connectivity index (χ4n) is 3.80. The highest BCUT2D eigenvalue weighted by Crippen LogP contribution is 2.33. The second-order valence-corrected chi connectivity index (χ2v) is 8.64. The van der Waals surface area contributed by atoms with Crippen LogP contribution in [0.15, 0.2) is 30.5 Å². The Labute approximate surface area is 178 Å². The number of carbonyl (C=O) groups excluding carboxylic acids is 1. The number of anilines is 1. The lowest BCUT2D eigenvalue weighted by molar-refractivity contribution is 0.0908. The number of aliphatic hydroxyl groups excluding tert-OH is 1. The van der Waals surface area contributed by atoms with E-state index >= 15 is 0 Å². The van der Waals surface area contributed by atoms with E-state index in [-0.39, 0.29) is 18.6 Å². The fourth-order valence-corrected chi connectivity index (χ4v) is 3.92. The molecule has 1 atom stereocenters. The van der Waals surface area contributed by atoms with Gasteiger partial charge in [-0.15, -0.1) is 0 Å². The maximum absolute atomic E-state index is 12.8. The lowest BCUT2D eigenvalue weighted by Crippen LogP contribution is -2.38. The molecule has 156 valence electrons. The Morgan fingerprint density at radius 2 is 2.00 bits per heavy atom. The van der Waals surface area contributed by atoms with Crippen molar-refractivity contribution in [2.45, 2.75) is 46.1 Å². The van der Waals surface area contributed by atoms with Gasteiger partial charge in [0.2, 0.25) is 0 Å². The molecule has 0 aliphatic carbocycles. The Morgan fingerprint density at radius 1 is 1.28 bits per heavy atom. The van der Waals surface area contributed by atoms with E-state index in [2.05, 4.69) is 29.0 Å². The minimum absolute atomic E-state index is 0.0769. The number of aliphatic hydroxyl groups is 1. The van der Waals surface area contributed by atoms with Gasteiger partial charge in [0.15, 0.2) is 0 Å². The largest absolute Gasteiger partial charge is 0.394 e. The van der Waals surface area contributed by atoms with Gasteiger partial charge in [0, 0.05) is 29.9 Å². The molecule has 1 aliphatic rings. The Hall–Kier alpha value is -2.11. The summed E-state index contributed by atoms with van der Waals surface area (Å²) in [6, 6.07) is 7.54. The van der Waals surface area contributed by atoms with Crippen molar-refractivity contribution >= 4 is 23.3 Å². The summed E-state index contributed by atoms with van der Waals surface area (Å²) in [5, 5.41) is 13.3. The third-order valence-electron chi connectivity index (χ3n) is 5.31. The Balaban J connectivity index is 1.95. The van der Waals surface area contributed by atoms with Crippen LogP contribution in [0.2, 0.25) is 5.02 Å². The molecule has 0 spiro atoms. The first-order valence-corrected chi connectivity index (χ1v) is 10.7. The molecule has 3 rings (SSSR count). The molecule has 2 aromatic rings. The van der Waals surface area contributed by atoms with Crippen molar-refractivity contribution in [2.24, 2.45) is 5.92 Å². The summed E-state index contributed by atoms with van der Waals surface area (Å²) in [7, 11) is 0. The van der Waals surface area contributed by atoms with Crippen molar-refractivity contribution in [2.75, 3.05) is 24.6 Å². The van der Waals surface area contributed by atoms with Gasteiger partial charge < -0.3 is 15.3 Å². The maximum atomic E-state index is 12.8. The molecule has 0 radical (unpaired) electrons. The topological polar surface area (TPSA) is 65.5 Å². The molecule has 0 bridgehead atoms. The highest BCUT2D eigenvalue weighted by molar-refractivity contribution is 6.31. The van der Waals surface area contributed by atoms with Crippen LogP contribution < -0.4 is 10.2 Å². The molecule has 2 heterocycles. The maximum Gasteiger partial charge on any atom is 0.253 e. The highest BCUT2D eigenvalue weighted by Gasteiger charge is 2.21. The summed E-state index contributed by atoms with van der Waals surface area (Å²) in [6.45, 7) is 7.98. The molecule has 1 saturated heterocycles. The summed E-state index contributed by atoms with van der Waals surface area (Å²) in [5.41, 5.74) is 3.42. The molecule has 1 aromatic carbocycles. The number of aryl methyl sites for hydroxylation is 1. The average molecular weight is 416 g/mol. The van der Waals surface area contributed by atoms with Crippen LogP contribution in [-0.2, 0) is 0 Å². The minimum atomic E-state index is -0.262. The molecule has 2 N–H and O–H groups in total. The predicted molar refractivity (Wildman–Crippen MR) is 119 cm³/mol. The van der Waals surface area contributed by atoms with Gasteiger partial charge >= 0.3 is 0 Å². The zero-order valence-electron chi connectivity index (χ0n) is 17.4. The fraction of sp³-hybridized carbons (Fsp3) is 0.478. The second-order valence-electron chi connectivity index (χ2n) is 8.24. The molecular weight excluding hydrogens is 386 g/mol. The lowest BCUT2D eigenvalue weighted by Gasteiger charge is -2.22. The van der Waals surface area contributed by atoms with Gasteiger partial charge in [-0.25, -0.2) is 4.98 Å². The van der Waals surface area contributed by atoms with Crippen LogP contribution in [0.4, 0.5) is 5.82 Å². The molecule has 29 heavy (non-hydrogen) atoms. The summed E-state index contributed by atoms with van der Waals surface area (Å²) >= 11 is 6.22. The Bertz CT molecular complexity index is 863. The van der Waals surface area contributed by atoms with E-state index in [0.717, 1.165) is 59.9 Å². The minimum Gasteiger partial charge on any atom is -0.394 e. The number of rotatable bonds is 7. The van der Waals surface area contributed by atoms with Crippen molar-refractivity contribution in [3.05, 3.63) is 46.6 Å². The van der Waals surface area contributed by atoms with Crippen molar-refractivity contribution in [1.29, 1.82) is 0 Å². The monoisotopic (exact) mass is 415 g/mol. The van der Waals surface area contributed by atoms with Gasteiger partial charge in [-0.2, -0.15) is 0 Å². The molecule has 1 fully saturated rings. The number of benzene rings is 1. The first-order valence-electron chi connectivity index (χ1n) is 10.3. The van der Waals surface area contributed by atoms with Crippen LogP contribution >= 0.6 is 11.6 Å². The number of carbonyl (C=O) groups is 1. The van der Waals surface area contributed by atoms with Gasteiger partial charge in [-0.1, -0.05) is 31.5 Å². The van der Waals surface area contributed by atoms with Gasteiger partial charge in [0.1, 0.15) is 5.82 Å². The van der Waals surface area contributed by atoms with Crippen molar-refractivity contribution in [3.63, 3.8) is 0 Å². The molecule has 5 nitrogen and oxygen atoms in total. The highest BCUT2D eigenvalue weighted by atomic mass is 35.5. The van der Waals surface area contributed by atoms with E-state index in [9.17, 15) is 9.90 Å². The molecule has 6 heteroatoms. The number of halogens is 1. The van der Waals surface area contributed by atoms with Gasteiger partial charge in [0.25, 0.3) is 5.91 Å². The number of amides is 1. The van der Waals surface area contributed by atoms with Crippen LogP contribution in [-0.4, -0.2) is 41.7 Å². The second kappa shape index (κ2) is 9.59. The number of aromatic nitrogens is 1. The van der Waals surface area contributed by atoms with Crippen LogP contribution in [0.1, 0.15) is 49.0 Å². The van der Waals surface area contributed by atoms with E-state index in [4.69, 9.17) is 11.6 Å². The van der Waals surface area contributed by atoms with Crippen molar-refractivity contribution < 1.29 is 9.90 Å². The summed E-state index contributed by atoms with van der Waals surface area (Å²) in [4.78, 5) is 19.8. The molecule has 1 amide bonds. The zero-order chi connectivity index (χ0) is 21.0. The number of nitrogens with zero attached hydrogens (tertiary/aromatic N) is 2. The van der Waals surface area contributed by atoms with E-state index < -0.39 is 0 Å². The third kappa shape index (κ3) is 5.28. The van der Waals surface area contributed by atoms with Gasteiger partial charge in [-0.3, -0.25) is 4.79 Å². The first-order chi connectivity index (χ1) is 13.9. The number of hydrogen-bond donors (Lipinski definition) is 2. The molecule has 0 saturated carbocycles. The average Bonchev–Trinajstić information content (AvgIpc) is 3.23. The standard InChI is InChI=1S/C23H30ClN3O2/c1-15(2)10-19(14-28)26-23(29)18-12-20(17-6-7-21(24)16(3)11-17)22(25-13-18)27-8-4-5-9-27/h6-7,11-13,15,19,28H,4-5,8-10,14H2,1-3H3,(H,26,29)/t19-/m1/s1. The molecular formula is C23H30ClN3O2. The first kappa shape index (κ1) is 21.6. The van der Waals surface area contributed by atoms with Crippen LogP contribution in [0.3, 0.4) is 0 Å². The van der Waals surface area contributed by atoms with E-state index in [0.29, 0.717) is 11.5 Å². The summed E-state index contributed by atoms with van der Waals surface area (Å²) in [6.07, 6.45) is 4.66. The van der Waals surface area contributed by atoms with Crippen LogP contribution in [0.25, 0.3) is 11.1 Å². The summed E-state index contributed by atoms with van der Waals surface area (Å²) < 4.78 is 0. The quantitative estimate of drug-likeness (QED) is 0.701. The van der Waals surface area contributed by atoms with Gasteiger partial charge in [0.05, 0.1) is 18.2 Å². The Kier molecular flexibility index (Phi) is 7.14. The lowest BCUT2D eigenvalue weighted by atomic mass is 10.0. The van der Waals surface area contributed by atoms with Crippen LogP contribution in [0.5, 0.6) is 0 Å². The van der Waals surface area contributed by atoms with E-state index in [1.54, 1.807) is 6.20 Å². The van der Waals surface area contributed by atoms with Gasteiger partial charge in [-0.05, 0) is 61.4 Å². The molecule has 1 aromatic heterocycles. The van der Waals surface area contributed by atoms with Crippen LogP contribution in [0, 0.1) is 12.8 Å². The number of nitrogens with one attached hydrogen (secondary N) is 1. The van der Waals surface area contributed by atoms with E-state index in [1.807, 2.05) is 31.2 Å². The Morgan fingerprint density at radius 3 is 2.62 bits per heavy atom. The molecule has 1 aliphatic heterocycles. The van der Waals surface area contributed by atoms with Crippen molar-refractivity contribution in [1.82, 2.24) is 10.3 Å². The smallest absolute Gasteiger partial charge is 0.253 e. The molecule has 0 unspecified atom stereocenters. The zero-order valence-corrected chi connectivity index (χ0v) is 18.2. The van der Waals surface area contributed by atoms with E-state index in [1.165, 1.54) is 0 Å². The summed E-state index contributed by atoms with van der Waals surface area (Å²) in [5.74, 6) is 1.08. The SMILES string of the molecule is Cc1cc(-c2cc(C(=O)N[C@@H](CO)CC(C)C)cnc2N2CCCC2)ccc1Cl. The predicted octanol–water partition coefficient (Wildman–Crippen LogP) is 4.45. The van der Waals surface area contributed by atoms with Crippen molar-refractivity contribution in [3.8, 4) is 11.1 Å². The third-order valence-corrected chi connectivity index (χ3v) is 5.74. The number of pyridine rings is 1. The number of hydrogen-bond acceptors (Lipinski definition) is 4.